The lowest BCUT2D eigenvalue weighted by atomic mass is 9.99. The number of fused-ring (bicyclic) bond motifs is 2. The molecule has 0 radical (unpaired) electrons. The highest BCUT2D eigenvalue weighted by Crippen LogP contribution is 2.46. The molecule has 88 valence electrons. The summed E-state index contributed by atoms with van der Waals surface area (Å²) in [5.74, 6) is 0.871. The molecule has 1 heterocycles. The molecule has 3 rings (SSSR count). The van der Waals surface area contributed by atoms with E-state index in [1.165, 1.54) is 5.56 Å². The summed E-state index contributed by atoms with van der Waals surface area (Å²) in [5.41, 5.74) is 1.34. The molecule has 2 aliphatic rings. The van der Waals surface area contributed by atoms with Crippen molar-refractivity contribution in [3.8, 4) is 6.07 Å². The summed E-state index contributed by atoms with van der Waals surface area (Å²) in [6.45, 7) is 2.11. The lowest BCUT2D eigenvalue weighted by Gasteiger charge is -2.29. The van der Waals surface area contributed by atoms with Crippen LogP contribution in [-0.4, -0.2) is 22.3 Å². The first-order valence-electron chi connectivity index (χ1n) is 6.11. The summed E-state index contributed by atoms with van der Waals surface area (Å²) in [4.78, 5) is 2.98. The molecule has 1 saturated heterocycles. The average molecular weight is 291 g/mol. The van der Waals surface area contributed by atoms with Gasteiger partial charge in [-0.2, -0.15) is 5.26 Å². The number of benzene rings is 1. The second-order valence-electron chi connectivity index (χ2n) is 5.08. The minimum atomic E-state index is 0.210. The van der Waals surface area contributed by atoms with Gasteiger partial charge >= 0.3 is 0 Å². The normalized spacial score (nSPS) is 36.0. The summed E-state index contributed by atoms with van der Waals surface area (Å²) < 4.78 is 0. The molecule has 2 nitrogen and oxygen atoms in total. The molecule has 3 heteroatoms. The Morgan fingerprint density at radius 3 is 2.76 bits per heavy atom. The Labute approximate surface area is 110 Å². The standard InChI is InChI=1S/C14H15BrN2/c15-13-12-6-11(7-16)14(13)17(9-12)8-10-4-2-1-3-5-10/h1-5,11-14H,6,8-9H2/t11-,12+,13+,14-/m1/s1. The minimum Gasteiger partial charge on any atom is -0.293 e. The summed E-state index contributed by atoms with van der Waals surface area (Å²) in [6, 6.07) is 13.4. The molecular weight excluding hydrogens is 276 g/mol. The van der Waals surface area contributed by atoms with Crippen molar-refractivity contribution in [3.05, 3.63) is 35.9 Å². The van der Waals surface area contributed by atoms with Gasteiger partial charge in [0.05, 0.1) is 12.0 Å². The molecule has 4 atom stereocenters. The van der Waals surface area contributed by atoms with E-state index in [1.807, 2.05) is 6.07 Å². The monoisotopic (exact) mass is 290 g/mol. The molecule has 1 saturated carbocycles. The lowest BCUT2D eigenvalue weighted by molar-refractivity contribution is 0.176. The number of hydrogen-bond acceptors (Lipinski definition) is 2. The van der Waals surface area contributed by atoms with Crippen molar-refractivity contribution in [2.24, 2.45) is 11.8 Å². The molecule has 2 bridgehead atoms. The van der Waals surface area contributed by atoms with Gasteiger partial charge in [0, 0.05) is 24.0 Å². The lowest BCUT2D eigenvalue weighted by Crippen LogP contribution is -2.38. The van der Waals surface area contributed by atoms with Gasteiger partial charge < -0.3 is 0 Å². The van der Waals surface area contributed by atoms with Crippen molar-refractivity contribution in [2.45, 2.75) is 23.8 Å². The van der Waals surface area contributed by atoms with Crippen molar-refractivity contribution in [3.63, 3.8) is 0 Å². The molecular formula is C14H15BrN2. The number of piperidine rings is 1. The molecule has 2 fully saturated rings. The number of nitriles is 1. The van der Waals surface area contributed by atoms with Crippen LogP contribution in [0.25, 0.3) is 0 Å². The number of hydrogen-bond donors (Lipinski definition) is 0. The SMILES string of the molecule is N#C[C@H]1C[C@H]2CN(Cc3ccccc3)[C@H]1[C@H]2Br. The molecule has 1 aromatic carbocycles. The predicted octanol–water partition coefficient (Wildman–Crippen LogP) is 2.79. The second kappa shape index (κ2) is 4.44. The van der Waals surface area contributed by atoms with Gasteiger partial charge in [-0.25, -0.2) is 0 Å². The van der Waals surface area contributed by atoms with E-state index in [9.17, 15) is 5.26 Å². The summed E-state index contributed by atoms with van der Waals surface area (Å²) in [6.07, 6.45) is 1.07. The van der Waals surface area contributed by atoms with Crippen LogP contribution in [0.2, 0.25) is 0 Å². The third kappa shape index (κ3) is 1.90. The molecule has 17 heavy (non-hydrogen) atoms. The van der Waals surface area contributed by atoms with Crippen LogP contribution in [0.5, 0.6) is 0 Å². The topological polar surface area (TPSA) is 27.0 Å². The highest BCUT2D eigenvalue weighted by atomic mass is 79.9. The van der Waals surface area contributed by atoms with E-state index >= 15 is 0 Å². The highest BCUT2D eigenvalue weighted by molar-refractivity contribution is 9.09. The van der Waals surface area contributed by atoms with Gasteiger partial charge in [0.25, 0.3) is 0 Å². The first kappa shape index (κ1) is 11.3. The van der Waals surface area contributed by atoms with Crippen LogP contribution < -0.4 is 0 Å². The first-order valence-corrected chi connectivity index (χ1v) is 7.03. The predicted molar refractivity (Wildman–Crippen MR) is 70.6 cm³/mol. The maximum absolute atomic E-state index is 9.19. The van der Waals surface area contributed by atoms with E-state index < -0.39 is 0 Å². The summed E-state index contributed by atoms with van der Waals surface area (Å²) >= 11 is 3.77. The largest absolute Gasteiger partial charge is 0.293 e. The molecule has 1 aliphatic heterocycles. The van der Waals surface area contributed by atoms with Crippen LogP contribution >= 0.6 is 15.9 Å². The number of likely N-dealkylation sites (tertiary alicyclic amines) is 1. The Morgan fingerprint density at radius 2 is 2.12 bits per heavy atom. The second-order valence-corrected chi connectivity index (χ2v) is 6.14. The van der Waals surface area contributed by atoms with Crippen LogP contribution in [0.1, 0.15) is 12.0 Å². The first-order chi connectivity index (χ1) is 8.29. The molecule has 0 unspecified atom stereocenters. The Morgan fingerprint density at radius 1 is 1.35 bits per heavy atom. The van der Waals surface area contributed by atoms with Crippen molar-refractivity contribution >= 4 is 15.9 Å². The number of alkyl halides is 1. The van der Waals surface area contributed by atoms with E-state index in [2.05, 4.69) is 51.2 Å². The zero-order chi connectivity index (χ0) is 11.8. The molecule has 1 aliphatic carbocycles. The van der Waals surface area contributed by atoms with Crippen molar-refractivity contribution in [1.82, 2.24) is 4.90 Å². The maximum Gasteiger partial charge on any atom is 0.0672 e. The number of nitrogens with zero attached hydrogens (tertiary/aromatic N) is 2. The van der Waals surface area contributed by atoms with Crippen molar-refractivity contribution in [2.75, 3.05) is 6.54 Å². The number of halogens is 1. The van der Waals surface area contributed by atoms with Crippen molar-refractivity contribution < 1.29 is 0 Å². The van der Waals surface area contributed by atoms with Gasteiger partial charge in [-0.15, -0.1) is 0 Å². The quantitative estimate of drug-likeness (QED) is 0.783. The van der Waals surface area contributed by atoms with Gasteiger partial charge in [-0.05, 0) is 17.9 Å². The number of rotatable bonds is 2. The fourth-order valence-electron chi connectivity index (χ4n) is 3.27. The molecule has 1 aromatic rings. The van der Waals surface area contributed by atoms with Crippen molar-refractivity contribution in [1.29, 1.82) is 5.26 Å². The Bertz CT molecular complexity index is 439. The molecule has 0 aromatic heterocycles. The highest BCUT2D eigenvalue weighted by Gasteiger charge is 2.51. The van der Waals surface area contributed by atoms with Gasteiger partial charge in [0.15, 0.2) is 0 Å². The third-order valence-corrected chi connectivity index (χ3v) is 5.32. The Hall–Kier alpha value is -0.850. The van der Waals surface area contributed by atoms with E-state index in [4.69, 9.17) is 0 Å². The maximum atomic E-state index is 9.19. The fourth-order valence-corrected chi connectivity index (χ4v) is 4.35. The Kier molecular flexibility index (Phi) is 2.94. The average Bonchev–Trinajstić information content (AvgIpc) is 2.83. The van der Waals surface area contributed by atoms with Crippen LogP contribution in [-0.2, 0) is 6.54 Å². The van der Waals surface area contributed by atoms with Gasteiger partial charge in [0.2, 0.25) is 0 Å². The molecule has 0 N–H and O–H groups in total. The Balaban J connectivity index is 1.76. The van der Waals surface area contributed by atoms with Crippen LogP contribution in [0.4, 0.5) is 0 Å². The zero-order valence-electron chi connectivity index (χ0n) is 9.59. The minimum absolute atomic E-state index is 0.210. The summed E-state index contributed by atoms with van der Waals surface area (Å²) in [7, 11) is 0. The van der Waals surface area contributed by atoms with E-state index in [-0.39, 0.29) is 5.92 Å². The third-order valence-electron chi connectivity index (χ3n) is 4.03. The van der Waals surface area contributed by atoms with Gasteiger partial charge in [-0.3, -0.25) is 4.90 Å². The van der Waals surface area contributed by atoms with Crippen LogP contribution in [0.15, 0.2) is 30.3 Å². The van der Waals surface area contributed by atoms with Gasteiger partial charge in [-0.1, -0.05) is 46.3 Å². The van der Waals surface area contributed by atoms with Gasteiger partial charge in [0.1, 0.15) is 0 Å². The molecule has 0 spiro atoms. The summed E-state index contributed by atoms with van der Waals surface area (Å²) in [5, 5.41) is 9.19. The van der Waals surface area contributed by atoms with Crippen LogP contribution in [0, 0.1) is 23.2 Å². The molecule has 0 amide bonds. The van der Waals surface area contributed by atoms with E-state index in [0.717, 1.165) is 19.5 Å². The van der Waals surface area contributed by atoms with E-state index in [1.54, 1.807) is 0 Å². The smallest absolute Gasteiger partial charge is 0.0672 e. The van der Waals surface area contributed by atoms with E-state index in [0.29, 0.717) is 16.8 Å². The zero-order valence-corrected chi connectivity index (χ0v) is 11.2. The fraction of sp³-hybridized carbons (Fsp3) is 0.500. The van der Waals surface area contributed by atoms with Crippen LogP contribution in [0.3, 0.4) is 0 Å².